The number of nitrogens with zero attached hydrogens (tertiary/aromatic N) is 1. The van der Waals surface area contributed by atoms with Crippen LogP contribution < -0.4 is 5.32 Å². The first-order valence-electron chi connectivity index (χ1n) is 6.48. The van der Waals surface area contributed by atoms with Gasteiger partial charge in [-0.2, -0.15) is 0 Å². The second-order valence-corrected chi connectivity index (χ2v) is 5.55. The number of nitro groups is 1. The van der Waals surface area contributed by atoms with Crippen LogP contribution in [0.25, 0.3) is 0 Å². The summed E-state index contributed by atoms with van der Waals surface area (Å²) in [5.74, 6) is -1.86. The van der Waals surface area contributed by atoms with Gasteiger partial charge in [-0.15, -0.1) is 0 Å². The molecule has 2 rings (SSSR count). The lowest BCUT2D eigenvalue weighted by Gasteiger charge is -2.06. The van der Waals surface area contributed by atoms with Crippen LogP contribution in [-0.2, 0) is 4.79 Å². The van der Waals surface area contributed by atoms with Crippen LogP contribution in [0.5, 0.6) is 0 Å². The number of carboxylic acids is 1. The molecule has 0 fully saturated rings. The van der Waals surface area contributed by atoms with Crippen molar-refractivity contribution in [2.45, 2.75) is 9.79 Å². The van der Waals surface area contributed by atoms with Crippen LogP contribution in [0.1, 0.15) is 10.4 Å². The molecule has 2 N–H and O–H groups in total. The predicted molar refractivity (Wildman–Crippen MR) is 83.6 cm³/mol. The van der Waals surface area contributed by atoms with Crippen LogP contribution in [0.4, 0.5) is 5.69 Å². The maximum atomic E-state index is 11.8. The van der Waals surface area contributed by atoms with Gasteiger partial charge in [0, 0.05) is 16.5 Å². The Labute approximate surface area is 135 Å². The number of nitro benzene ring substituents is 1. The highest BCUT2D eigenvalue weighted by molar-refractivity contribution is 7.99. The fourth-order valence-corrected chi connectivity index (χ4v) is 2.68. The number of nitrogens with one attached hydrogen (secondary N) is 1. The molecule has 0 spiro atoms. The number of carbonyl (C=O) groups excluding carboxylic acids is 1. The van der Waals surface area contributed by atoms with Gasteiger partial charge in [-0.3, -0.25) is 19.7 Å². The maximum absolute atomic E-state index is 11.8. The third-order valence-electron chi connectivity index (χ3n) is 2.79. The highest BCUT2D eigenvalue weighted by Crippen LogP contribution is 2.35. The monoisotopic (exact) mass is 332 g/mol. The molecule has 0 saturated carbocycles. The van der Waals surface area contributed by atoms with Gasteiger partial charge >= 0.3 is 5.97 Å². The summed E-state index contributed by atoms with van der Waals surface area (Å²) in [4.78, 5) is 34.1. The SMILES string of the molecule is O=C(O)CNC(=O)c1ccc(Sc2ccccc2)c([N+](=O)[O-])c1. The molecule has 0 heterocycles. The van der Waals surface area contributed by atoms with Crippen molar-refractivity contribution in [1.29, 1.82) is 0 Å². The van der Waals surface area contributed by atoms with Gasteiger partial charge in [0.1, 0.15) is 6.54 Å². The zero-order valence-corrected chi connectivity index (χ0v) is 12.6. The van der Waals surface area contributed by atoms with Crippen molar-refractivity contribution in [3.05, 3.63) is 64.2 Å². The lowest BCUT2D eigenvalue weighted by Crippen LogP contribution is -2.29. The van der Waals surface area contributed by atoms with E-state index in [2.05, 4.69) is 5.32 Å². The molecule has 7 nitrogen and oxygen atoms in total. The van der Waals surface area contributed by atoms with E-state index in [0.29, 0.717) is 4.90 Å². The van der Waals surface area contributed by atoms with Gasteiger partial charge in [0.05, 0.1) is 9.82 Å². The summed E-state index contributed by atoms with van der Waals surface area (Å²) in [5, 5.41) is 21.9. The Morgan fingerprint density at radius 2 is 1.87 bits per heavy atom. The zero-order valence-electron chi connectivity index (χ0n) is 11.8. The minimum Gasteiger partial charge on any atom is -0.480 e. The molecule has 8 heteroatoms. The van der Waals surface area contributed by atoms with Crippen LogP contribution in [0.2, 0.25) is 0 Å². The minimum atomic E-state index is -1.19. The van der Waals surface area contributed by atoms with Crippen molar-refractivity contribution in [3.63, 3.8) is 0 Å². The van der Waals surface area contributed by atoms with E-state index >= 15 is 0 Å². The molecular formula is C15H12N2O5S. The van der Waals surface area contributed by atoms with Crippen molar-refractivity contribution < 1.29 is 19.6 Å². The Morgan fingerprint density at radius 3 is 2.48 bits per heavy atom. The largest absolute Gasteiger partial charge is 0.480 e. The predicted octanol–water partition coefficient (Wildman–Crippen LogP) is 2.56. The number of carbonyl (C=O) groups is 2. The third-order valence-corrected chi connectivity index (χ3v) is 3.86. The average molecular weight is 332 g/mol. The molecule has 118 valence electrons. The Balaban J connectivity index is 2.26. The van der Waals surface area contributed by atoms with Gasteiger partial charge in [-0.1, -0.05) is 30.0 Å². The Kier molecular flexibility index (Phi) is 5.32. The van der Waals surface area contributed by atoms with Crippen LogP contribution >= 0.6 is 11.8 Å². The first-order chi connectivity index (χ1) is 11.0. The van der Waals surface area contributed by atoms with Crippen molar-refractivity contribution >= 4 is 29.3 Å². The third kappa shape index (κ3) is 4.55. The molecule has 0 aliphatic rings. The average Bonchev–Trinajstić information content (AvgIpc) is 2.53. The number of rotatable bonds is 6. The van der Waals surface area contributed by atoms with Crippen molar-refractivity contribution in [3.8, 4) is 0 Å². The van der Waals surface area contributed by atoms with E-state index < -0.39 is 23.3 Å². The summed E-state index contributed by atoms with van der Waals surface area (Å²) < 4.78 is 0. The van der Waals surface area contributed by atoms with Crippen LogP contribution in [0, 0.1) is 10.1 Å². The summed E-state index contributed by atoms with van der Waals surface area (Å²) in [5.41, 5.74) is -0.169. The molecule has 0 aliphatic heterocycles. The quantitative estimate of drug-likeness (QED) is 0.621. The molecule has 0 aromatic heterocycles. The van der Waals surface area contributed by atoms with Gasteiger partial charge in [0.25, 0.3) is 11.6 Å². The van der Waals surface area contributed by atoms with Crippen LogP contribution in [0.15, 0.2) is 58.3 Å². The Bertz CT molecular complexity index is 749. The molecule has 23 heavy (non-hydrogen) atoms. The van der Waals surface area contributed by atoms with Crippen molar-refractivity contribution in [1.82, 2.24) is 5.32 Å². The van der Waals surface area contributed by atoms with E-state index in [0.717, 1.165) is 11.0 Å². The molecule has 0 aliphatic carbocycles. The second kappa shape index (κ2) is 7.41. The zero-order chi connectivity index (χ0) is 16.8. The summed E-state index contributed by atoms with van der Waals surface area (Å²) in [6, 6.07) is 13.2. The van der Waals surface area contributed by atoms with E-state index in [9.17, 15) is 19.7 Å². The highest BCUT2D eigenvalue weighted by Gasteiger charge is 2.18. The lowest BCUT2D eigenvalue weighted by atomic mass is 10.2. The Hall–Kier alpha value is -2.87. The number of benzene rings is 2. The number of carboxylic acid groups (broad SMARTS) is 1. The number of amides is 1. The summed E-state index contributed by atoms with van der Waals surface area (Å²) >= 11 is 1.21. The molecule has 0 bridgehead atoms. The van der Waals surface area contributed by atoms with E-state index in [1.165, 1.54) is 23.9 Å². The number of aliphatic carboxylic acids is 1. The molecule has 0 saturated heterocycles. The molecule has 0 radical (unpaired) electrons. The lowest BCUT2D eigenvalue weighted by molar-refractivity contribution is -0.387. The first kappa shape index (κ1) is 16.5. The van der Waals surface area contributed by atoms with Gasteiger partial charge < -0.3 is 10.4 Å². The molecule has 2 aromatic carbocycles. The van der Waals surface area contributed by atoms with E-state index in [-0.39, 0.29) is 11.3 Å². The standard InChI is InChI=1S/C15H12N2O5S/c18-14(19)9-16-15(20)10-6-7-13(12(8-10)17(21)22)23-11-4-2-1-3-5-11/h1-8H,9H2,(H,16,20)(H,18,19). The Morgan fingerprint density at radius 1 is 1.17 bits per heavy atom. The van der Waals surface area contributed by atoms with Gasteiger partial charge in [-0.25, -0.2) is 0 Å². The summed E-state index contributed by atoms with van der Waals surface area (Å²) in [6.45, 7) is -0.548. The number of hydrogen-bond acceptors (Lipinski definition) is 5. The summed E-state index contributed by atoms with van der Waals surface area (Å²) in [6.07, 6.45) is 0. The van der Waals surface area contributed by atoms with E-state index in [1.54, 1.807) is 0 Å². The highest BCUT2D eigenvalue weighted by atomic mass is 32.2. The topological polar surface area (TPSA) is 110 Å². The second-order valence-electron chi connectivity index (χ2n) is 4.43. The smallest absolute Gasteiger partial charge is 0.322 e. The van der Waals surface area contributed by atoms with Crippen molar-refractivity contribution in [2.24, 2.45) is 0 Å². The molecule has 1 amide bonds. The molecule has 0 unspecified atom stereocenters. The minimum absolute atomic E-state index is 0.0374. The van der Waals surface area contributed by atoms with E-state index in [1.807, 2.05) is 30.3 Å². The molecule has 2 aromatic rings. The summed E-state index contributed by atoms with van der Waals surface area (Å²) in [7, 11) is 0. The van der Waals surface area contributed by atoms with Crippen LogP contribution in [-0.4, -0.2) is 28.5 Å². The van der Waals surface area contributed by atoms with E-state index in [4.69, 9.17) is 5.11 Å². The fourth-order valence-electron chi connectivity index (χ4n) is 1.76. The van der Waals surface area contributed by atoms with Gasteiger partial charge in [0.2, 0.25) is 0 Å². The maximum Gasteiger partial charge on any atom is 0.322 e. The first-order valence-corrected chi connectivity index (χ1v) is 7.30. The molecule has 0 atom stereocenters. The van der Waals surface area contributed by atoms with Crippen LogP contribution in [0.3, 0.4) is 0 Å². The van der Waals surface area contributed by atoms with Crippen molar-refractivity contribution in [2.75, 3.05) is 6.54 Å². The normalized spacial score (nSPS) is 10.1. The van der Waals surface area contributed by atoms with Gasteiger partial charge in [-0.05, 0) is 24.3 Å². The fraction of sp³-hybridized carbons (Fsp3) is 0.0667. The number of hydrogen-bond donors (Lipinski definition) is 2. The van der Waals surface area contributed by atoms with Gasteiger partial charge in [0.15, 0.2) is 0 Å². The molecular weight excluding hydrogens is 320 g/mol.